The second-order valence-electron chi connectivity index (χ2n) is 3.86. The number of amides is 1. The molecule has 0 aliphatic rings. The van der Waals surface area contributed by atoms with Gasteiger partial charge < -0.3 is 5.32 Å². The Bertz CT molecular complexity index is 607. The standard InChI is InChI=1S/C12H11Cl2N3O/c1-7-5-12(15-8(2)18)17(16-7)9-3-4-10(13)11(14)6-9/h3-6H,1-2H3,(H,15,18). The molecule has 94 valence electrons. The molecule has 1 amide bonds. The highest BCUT2D eigenvalue weighted by Crippen LogP contribution is 2.26. The first-order chi connectivity index (χ1) is 8.47. The summed E-state index contributed by atoms with van der Waals surface area (Å²) < 4.78 is 1.61. The van der Waals surface area contributed by atoms with E-state index in [0.717, 1.165) is 11.4 Å². The summed E-state index contributed by atoms with van der Waals surface area (Å²) in [5.41, 5.74) is 1.53. The van der Waals surface area contributed by atoms with E-state index in [1.54, 1.807) is 28.9 Å². The molecule has 1 heterocycles. The van der Waals surface area contributed by atoms with E-state index >= 15 is 0 Å². The average Bonchev–Trinajstić information content (AvgIpc) is 2.62. The first-order valence-corrected chi connectivity index (χ1v) is 6.02. The quantitative estimate of drug-likeness (QED) is 0.918. The van der Waals surface area contributed by atoms with Crippen LogP contribution in [0.3, 0.4) is 0 Å². The molecule has 0 saturated carbocycles. The van der Waals surface area contributed by atoms with Crippen molar-refractivity contribution in [3.8, 4) is 5.69 Å². The number of halogens is 2. The topological polar surface area (TPSA) is 46.9 Å². The van der Waals surface area contributed by atoms with Gasteiger partial charge in [0.1, 0.15) is 5.82 Å². The van der Waals surface area contributed by atoms with Crippen LogP contribution in [0.5, 0.6) is 0 Å². The molecule has 1 N–H and O–H groups in total. The fourth-order valence-corrected chi connectivity index (χ4v) is 1.87. The van der Waals surface area contributed by atoms with Gasteiger partial charge in [-0.25, -0.2) is 4.68 Å². The van der Waals surface area contributed by atoms with E-state index in [2.05, 4.69) is 10.4 Å². The van der Waals surface area contributed by atoms with Crippen molar-refractivity contribution in [1.29, 1.82) is 0 Å². The minimum absolute atomic E-state index is 0.156. The minimum atomic E-state index is -0.156. The smallest absolute Gasteiger partial charge is 0.222 e. The number of anilines is 1. The van der Waals surface area contributed by atoms with Crippen LogP contribution < -0.4 is 5.32 Å². The number of nitrogens with one attached hydrogen (secondary N) is 1. The molecule has 6 heteroatoms. The van der Waals surface area contributed by atoms with Gasteiger partial charge in [-0.1, -0.05) is 23.2 Å². The van der Waals surface area contributed by atoms with Crippen molar-refractivity contribution in [2.45, 2.75) is 13.8 Å². The molecule has 0 spiro atoms. The molecule has 0 fully saturated rings. The number of aromatic nitrogens is 2. The van der Waals surface area contributed by atoms with Gasteiger partial charge in [-0.15, -0.1) is 0 Å². The van der Waals surface area contributed by atoms with Crippen LogP contribution in [0.4, 0.5) is 5.82 Å². The SMILES string of the molecule is CC(=O)Nc1cc(C)nn1-c1ccc(Cl)c(Cl)c1. The van der Waals surface area contributed by atoms with Crippen LogP contribution in [0.2, 0.25) is 10.0 Å². The number of carbonyl (C=O) groups excluding carboxylic acids is 1. The molecule has 0 saturated heterocycles. The Labute approximate surface area is 115 Å². The van der Waals surface area contributed by atoms with Crippen molar-refractivity contribution in [2.24, 2.45) is 0 Å². The van der Waals surface area contributed by atoms with E-state index in [9.17, 15) is 4.79 Å². The predicted molar refractivity (Wildman–Crippen MR) is 72.6 cm³/mol. The third-order valence-electron chi connectivity index (χ3n) is 2.28. The number of nitrogens with zero attached hydrogens (tertiary/aromatic N) is 2. The summed E-state index contributed by atoms with van der Waals surface area (Å²) in [7, 11) is 0. The minimum Gasteiger partial charge on any atom is -0.311 e. The molecular weight excluding hydrogens is 273 g/mol. The predicted octanol–water partition coefficient (Wildman–Crippen LogP) is 3.45. The van der Waals surface area contributed by atoms with Gasteiger partial charge in [0.15, 0.2) is 0 Å². The maximum absolute atomic E-state index is 11.1. The van der Waals surface area contributed by atoms with Gasteiger partial charge in [-0.05, 0) is 25.1 Å². The Kier molecular flexibility index (Phi) is 3.59. The Morgan fingerprint density at radius 2 is 2.00 bits per heavy atom. The van der Waals surface area contributed by atoms with E-state index in [-0.39, 0.29) is 5.91 Å². The molecule has 0 atom stereocenters. The third kappa shape index (κ3) is 2.66. The van der Waals surface area contributed by atoms with Crippen LogP contribution in [0.25, 0.3) is 5.69 Å². The molecule has 0 bridgehead atoms. The van der Waals surface area contributed by atoms with E-state index in [0.29, 0.717) is 15.9 Å². The van der Waals surface area contributed by atoms with E-state index in [1.807, 2.05) is 6.92 Å². The molecule has 0 unspecified atom stereocenters. The van der Waals surface area contributed by atoms with E-state index in [1.165, 1.54) is 6.92 Å². The molecule has 1 aromatic heterocycles. The summed E-state index contributed by atoms with van der Waals surface area (Å²) >= 11 is 11.8. The molecule has 2 rings (SSSR count). The van der Waals surface area contributed by atoms with Crippen molar-refractivity contribution in [1.82, 2.24) is 9.78 Å². The van der Waals surface area contributed by atoms with Gasteiger partial charge in [0, 0.05) is 13.0 Å². The second-order valence-corrected chi connectivity index (χ2v) is 4.68. The number of hydrogen-bond acceptors (Lipinski definition) is 2. The normalized spacial score (nSPS) is 10.4. The van der Waals surface area contributed by atoms with E-state index < -0.39 is 0 Å². The first-order valence-electron chi connectivity index (χ1n) is 5.27. The second kappa shape index (κ2) is 5.00. The van der Waals surface area contributed by atoms with Gasteiger partial charge in [-0.3, -0.25) is 4.79 Å². The molecule has 0 aliphatic heterocycles. The zero-order chi connectivity index (χ0) is 13.3. The van der Waals surface area contributed by atoms with Crippen LogP contribution in [-0.4, -0.2) is 15.7 Å². The fourth-order valence-electron chi connectivity index (χ4n) is 1.58. The summed E-state index contributed by atoms with van der Waals surface area (Å²) in [6.07, 6.45) is 0. The molecule has 0 radical (unpaired) electrons. The highest BCUT2D eigenvalue weighted by molar-refractivity contribution is 6.42. The van der Waals surface area contributed by atoms with Gasteiger partial charge in [0.25, 0.3) is 0 Å². The molecule has 18 heavy (non-hydrogen) atoms. The number of aryl methyl sites for hydroxylation is 1. The first kappa shape index (κ1) is 12.9. The zero-order valence-corrected chi connectivity index (χ0v) is 11.4. The lowest BCUT2D eigenvalue weighted by molar-refractivity contribution is -0.114. The highest BCUT2D eigenvalue weighted by atomic mass is 35.5. The number of hydrogen-bond donors (Lipinski definition) is 1. The maximum atomic E-state index is 11.1. The summed E-state index contributed by atoms with van der Waals surface area (Å²) in [4.78, 5) is 11.1. The Balaban J connectivity index is 2.49. The lowest BCUT2D eigenvalue weighted by Crippen LogP contribution is -2.10. The van der Waals surface area contributed by atoms with Gasteiger partial charge in [0.05, 0.1) is 21.4 Å². The monoisotopic (exact) mass is 283 g/mol. The maximum Gasteiger partial charge on any atom is 0.222 e. The number of benzene rings is 1. The lowest BCUT2D eigenvalue weighted by atomic mass is 10.3. The van der Waals surface area contributed by atoms with Crippen molar-refractivity contribution in [2.75, 3.05) is 5.32 Å². The molecular formula is C12H11Cl2N3O. The lowest BCUT2D eigenvalue weighted by Gasteiger charge is -2.08. The van der Waals surface area contributed by atoms with Crippen molar-refractivity contribution >= 4 is 34.9 Å². The Hall–Kier alpha value is -1.52. The van der Waals surface area contributed by atoms with Gasteiger partial charge >= 0.3 is 0 Å². The number of carbonyl (C=O) groups is 1. The summed E-state index contributed by atoms with van der Waals surface area (Å²) in [5, 5.41) is 7.94. The Morgan fingerprint density at radius 3 is 2.61 bits per heavy atom. The van der Waals surface area contributed by atoms with Crippen LogP contribution >= 0.6 is 23.2 Å². The molecule has 0 aliphatic carbocycles. The molecule has 4 nitrogen and oxygen atoms in total. The zero-order valence-electron chi connectivity index (χ0n) is 9.87. The summed E-state index contributed by atoms with van der Waals surface area (Å²) in [6, 6.07) is 6.95. The number of rotatable bonds is 2. The van der Waals surface area contributed by atoms with Crippen molar-refractivity contribution in [3.63, 3.8) is 0 Å². The van der Waals surface area contributed by atoms with Crippen molar-refractivity contribution < 1.29 is 4.79 Å². The van der Waals surface area contributed by atoms with Crippen LogP contribution in [-0.2, 0) is 4.79 Å². The van der Waals surface area contributed by atoms with Crippen LogP contribution in [0.15, 0.2) is 24.3 Å². The molecule has 1 aromatic carbocycles. The molecule has 2 aromatic rings. The van der Waals surface area contributed by atoms with E-state index in [4.69, 9.17) is 23.2 Å². The fraction of sp³-hybridized carbons (Fsp3) is 0.167. The Morgan fingerprint density at radius 1 is 1.28 bits per heavy atom. The third-order valence-corrected chi connectivity index (χ3v) is 3.02. The van der Waals surface area contributed by atoms with Crippen LogP contribution in [0.1, 0.15) is 12.6 Å². The van der Waals surface area contributed by atoms with Crippen molar-refractivity contribution in [3.05, 3.63) is 40.0 Å². The van der Waals surface area contributed by atoms with Crippen LogP contribution in [0, 0.1) is 6.92 Å². The largest absolute Gasteiger partial charge is 0.311 e. The summed E-state index contributed by atoms with van der Waals surface area (Å²) in [6.45, 7) is 3.29. The summed E-state index contributed by atoms with van der Waals surface area (Å²) in [5.74, 6) is 0.439. The highest BCUT2D eigenvalue weighted by Gasteiger charge is 2.10. The van der Waals surface area contributed by atoms with Gasteiger partial charge in [-0.2, -0.15) is 5.10 Å². The van der Waals surface area contributed by atoms with Gasteiger partial charge in [0.2, 0.25) is 5.91 Å². The average molecular weight is 284 g/mol.